The first-order valence-corrected chi connectivity index (χ1v) is 8.77. The van der Waals surface area contributed by atoms with Crippen LogP contribution in [0, 0.1) is 0 Å². The summed E-state index contributed by atoms with van der Waals surface area (Å²) >= 11 is 5.64. The number of nitrogens with two attached hydrogens (primary N) is 1. The molecule has 0 saturated carbocycles. The van der Waals surface area contributed by atoms with Crippen LogP contribution < -0.4 is 16.4 Å². The molecule has 0 bridgehead atoms. The highest BCUT2D eigenvalue weighted by Gasteiger charge is 2.33. The predicted octanol–water partition coefficient (Wildman–Crippen LogP) is 5.00. The fourth-order valence-corrected chi connectivity index (χ4v) is 2.78. The minimum atomic E-state index is -4.61. The number of halogens is 4. The van der Waals surface area contributed by atoms with Gasteiger partial charge in [0.05, 0.1) is 28.9 Å². The number of carbonyl (C=O) groups is 1. The number of aromatic nitrogens is 2. The van der Waals surface area contributed by atoms with E-state index in [0.717, 1.165) is 12.1 Å². The van der Waals surface area contributed by atoms with Gasteiger partial charge in [-0.2, -0.15) is 13.2 Å². The number of alkyl halides is 3. The second-order valence-electron chi connectivity index (χ2n) is 5.96. The molecule has 0 spiro atoms. The van der Waals surface area contributed by atoms with Crippen molar-refractivity contribution >= 4 is 46.3 Å². The Morgan fingerprint density at radius 1 is 1.10 bits per heavy atom. The van der Waals surface area contributed by atoms with Crippen LogP contribution in [-0.4, -0.2) is 23.0 Å². The van der Waals surface area contributed by atoms with E-state index in [1.165, 1.54) is 19.5 Å². The Morgan fingerprint density at radius 3 is 2.43 bits per heavy atom. The molecule has 3 rings (SSSR count). The molecule has 3 aromatic rings. The number of nitrogen functional groups attached to an aromatic ring is 1. The Bertz CT molecular complexity index is 1090. The van der Waals surface area contributed by atoms with Crippen LogP contribution in [0.5, 0.6) is 0 Å². The maximum absolute atomic E-state index is 13.1. The Morgan fingerprint density at radius 2 is 1.77 bits per heavy atom. The molecule has 30 heavy (non-hydrogen) atoms. The van der Waals surface area contributed by atoms with Gasteiger partial charge >= 0.3 is 12.1 Å². The van der Waals surface area contributed by atoms with Gasteiger partial charge in [0.15, 0.2) is 11.6 Å². The van der Waals surface area contributed by atoms with Crippen molar-refractivity contribution < 1.29 is 22.7 Å². The van der Waals surface area contributed by atoms with Crippen LogP contribution in [-0.2, 0) is 10.9 Å². The van der Waals surface area contributed by atoms with E-state index in [4.69, 9.17) is 22.1 Å². The van der Waals surface area contributed by atoms with Gasteiger partial charge in [0.2, 0.25) is 0 Å². The SMILES string of the molecule is COC(=O)c1ccccc1Nc1ncnc(Nc2ccc(Cl)c(C(F)(F)F)c2)c1N. The molecule has 4 N–H and O–H groups in total. The number of hydrogen-bond acceptors (Lipinski definition) is 7. The van der Waals surface area contributed by atoms with Crippen LogP contribution in [0.15, 0.2) is 48.8 Å². The molecule has 0 amide bonds. The highest BCUT2D eigenvalue weighted by molar-refractivity contribution is 6.31. The molecule has 0 fully saturated rings. The third kappa shape index (κ3) is 4.54. The second kappa shape index (κ2) is 8.46. The van der Waals surface area contributed by atoms with Crippen LogP contribution >= 0.6 is 11.6 Å². The zero-order chi connectivity index (χ0) is 21.9. The summed E-state index contributed by atoms with van der Waals surface area (Å²) in [5, 5.41) is 5.20. The Labute approximate surface area is 174 Å². The van der Waals surface area contributed by atoms with Crippen molar-refractivity contribution in [1.29, 1.82) is 0 Å². The Hall–Kier alpha value is -3.53. The summed E-state index contributed by atoms with van der Waals surface area (Å²) < 4.78 is 44.0. The van der Waals surface area contributed by atoms with Gasteiger partial charge in [0.25, 0.3) is 0 Å². The second-order valence-corrected chi connectivity index (χ2v) is 6.37. The Kier molecular flexibility index (Phi) is 5.97. The molecule has 0 radical (unpaired) electrons. The van der Waals surface area contributed by atoms with Gasteiger partial charge in [-0.1, -0.05) is 23.7 Å². The first-order valence-electron chi connectivity index (χ1n) is 8.39. The number of para-hydroxylation sites is 1. The molecule has 1 aromatic heterocycles. The number of anilines is 5. The molecule has 2 aromatic carbocycles. The molecule has 7 nitrogen and oxygen atoms in total. The molecule has 1 heterocycles. The van der Waals surface area contributed by atoms with E-state index >= 15 is 0 Å². The van der Waals surface area contributed by atoms with Gasteiger partial charge in [-0.05, 0) is 30.3 Å². The van der Waals surface area contributed by atoms with E-state index in [1.54, 1.807) is 24.3 Å². The van der Waals surface area contributed by atoms with Gasteiger partial charge in [-0.15, -0.1) is 0 Å². The van der Waals surface area contributed by atoms with Crippen LogP contribution in [0.2, 0.25) is 5.02 Å². The molecular formula is C19H15ClF3N5O2. The summed E-state index contributed by atoms with van der Waals surface area (Å²) in [6.45, 7) is 0. The van der Waals surface area contributed by atoms with Crippen molar-refractivity contribution in [3.05, 3.63) is 64.9 Å². The largest absolute Gasteiger partial charge is 0.465 e. The molecule has 0 unspecified atom stereocenters. The zero-order valence-corrected chi connectivity index (χ0v) is 16.2. The number of esters is 1. The predicted molar refractivity (Wildman–Crippen MR) is 107 cm³/mol. The van der Waals surface area contributed by atoms with Crippen LogP contribution in [0.4, 0.5) is 41.9 Å². The lowest BCUT2D eigenvalue weighted by Gasteiger charge is -2.15. The summed E-state index contributed by atoms with van der Waals surface area (Å²) in [6.07, 6.45) is -3.45. The van der Waals surface area contributed by atoms with E-state index in [0.29, 0.717) is 5.69 Å². The number of hydrogen-bond donors (Lipinski definition) is 3. The van der Waals surface area contributed by atoms with E-state index in [9.17, 15) is 18.0 Å². The maximum atomic E-state index is 13.1. The van der Waals surface area contributed by atoms with Crippen LogP contribution in [0.25, 0.3) is 0 Å². The molecule has 0 aliphatic carbocycles. The standard InChI is InChI=1S/C19H15ClF3N5O2/c1-30-18(29)11-4-2-3-5-14(11)28-17-15(24)16(25-9-26-17)27-10-6-7-13(20)12(8-10)19(21,22)23/h2-9H,24H2,1H3,(H2,25,26,27,28). The van der Waals surface area contributed by atoms with Crippen LogP contribution in [0.1, 0.15) is 15.9 Å². The number of carbonyl (C=O) groups excluding carboxylic acids is 1. The summed E-state index contributed by atoms with van der Waals surface area (Å²) in [6, 6.07) is 9.86. The van der Waals surface area contributed by atoms with Crippen molar-refractivity contribution in [2.45, 2.75) is 6.18 Å². The fourth-order valence-electron chi connectivity index (χ4n) is 2.56. The zero-order valence-electron chi connectivity index (χ0n) is 15.4. The smallest absolute Gasteiger partial charge is 0.417 e. The molecule has 0 aliphatic rings. The third-order valence-corrected chi connectivity index (χ3v) is 4.33. The summed E-state index contributed by atoms with van der Waals surface area (Å²) in [5.41, 5.74) is 5.82. The average Bonchev–Trinajstić information content (AvgIpc) is 2.71. The lowest BCUT2D eigenvalue weighted by Crippen LogP contribution is -2.09. The van der Waals surface area contributed by atoms with E-state index in [-0.39, 0.29) is 28.6 Å². The van der Waals surface area contributed by atoms with E-state index < -0.39 is 22.7 Å². The van der Waals surface area contributed by atoms with Gasteiger partial charge < -0.3 is 21.1 Å². The molecular weight excluding hydrogens is 423 g/mol. The monoisotopic (exact) mass is 437 g/mol. The van der Waals surface area contributed by atoms with E-state index in [1.807, 2.05) is 0 Å². The number of benzene rings is 2. The highest BCUT2D eigenvalue weighted by atomic mass is 35.5. The van der Waals surface area contributed by atoms with Crippen molar-refractivity contribution in [3.63, 3.8) is 0 Å². The number of ether oxygens (including phenoxy) is 1. The third-order valence-electron chi connectivity index (χ3n) is 4.00. The van der Waals surface area contributed by atoms with Crippen molar-refractivity contribution in [1.82, 2.24) is 9.97 Å². The van der Waals surface area contributed by atoms with Crippen molar-refractivity contribution in [2.24, 2.45) is 0 Å². The molecule has 156 valence electrons. The lowest BCUT2D eigenvalue weighted by molar-refractivity contribution is -0.137. The minimum absolute atomic E-state index is 0.0284. The number of nitrogens with one attached hydrogen (secondary N) is 2. The Balaban J connectivity index is 1.91. The number of nitrogens with zero attached hydrogens (tertiary/aromatic N) is 2. The summed E-state index contributed by atoms with van der Waals surface area (Å²) in [5.74, 6) is -0.350. The molecule has 0 saturated heterocycles. The van der Waals surface area contributed by atoms with Gasteiger partial charge in [0, 0.05) is 5.69 Å². The minimum Gasteiger partial charge on any atom is -0.465 e. The summed E-state index contributed by atoms with van der Waals surface area (Å²) in [4.78, 5) is 19.9. The first kappa shape index (κ1) is 21.2. The normalized spacial score (nSPS) is 11.1. The molecule has 11 heteroatoms. The fraction of sp³-hybridized carbons (Fsp3) is 0.105. The van der Waals surface area contributed by atoms with Crippen molar-refractivity contribution in [2.75, 3.05) is 23.5 Å². The highest BCUT2D eigenvalue weighted by Crippen LogP contribution is 2.37. The maximum Gasteiger partial charge on any atom is 0.417 e. The van der Waals surface area contributed by atoms with Gasteiger partial charge in [-0.25, -0.2) is 14.8 Å². The van der Waals surface area contributed by atoms with Gasteiger partial charge in [-0.3, -0.25) is 0 Å². The average molecular weight is 438 g/mol. The lowest BCUT2D eigenvalue weighted by atomic mass is 10.1. The summed E-state index contributed by atoms with van der Waals surface area (Å²) in [7, 11) is 1.25. The quantitative estimate of drug-likeness (QED) is 0.482. The molecule has 0 aliphatic heterocycles. The number of rotatable bonds is 5. The van der Waals surface area contributed by atoms with Crippen LogP contribution in [0.3, 0.4) is 0 Å². The van der Waals surface area contributed by atoms with E-state index in [2.05, 4.69) is 20.6 Å². The van der Waals surface area contributed by atoms with Crippen molar-refractivity contribution in [3.8, 4) is 0 Å². The number of methoxy groups -OCH3 is 1. The molecule has 0 atom stereocenters. The van der Waals surface area contributed by atoms with Gasteiger partial charge in [0.1, 0.15) is 12.0 Å². The topological polar surface area (TPSA) is 102 Å². The first-order chi connectivity index (χ1) is 14.2.